The first-order valence-electron chi connectivity index (χ1n) is 8.46. The van der Waals surface area contributed by atoms with Gasteiger partial charge in [-0.1, -0.05) is 12.1 Å². The van der Waals surface area contributed by atoms with Crippen LogP contribution in [-0.4, -0.2) is 37.8 Å². The molecule has 0 bridgehead atoms. The van der Waals surface area contributed by atoms with Crippen molar-refractivity contribution in [1.82, 2.24) is 5.32 Å². The van der Waals surface area contributed by atoms with Crippen molar-refractivity contribution in [2.45, 2.75) is 18.9 Å². The highest BCUT2D eigenvalue weighted by Crippen LogP contribution is 2.19. The third-order valence-corrected chi connectivity index (χ3v) is 3.88. The highest BCUT2D eigenvalue weighted by Gasteiger charge is 2.21. The number of hydrogen-bond donors (Lipinski definition) is 2. The second-order valence-corrected chi connectivity index (χ2v) is 5.74. The molecule has 0 aliphatic rings. The Labute approximate surface area is 157 Å². The molecule has 144 valence electrons. The van der Waals surface area contributed by atoms with E-state index in [0.717, 1.165) is 5.75 Å². The summed E-state index contributed by atoms with van der Waals surface area (Å²) in [6.45, 7) is 0.347. The van der Waals surface area contributed by atoms with Crippen LogP contribution in [0.15, 0.2) is 48.5 Å². The minimum Gasteiger partial charge on any atom is -0.497 e. The van der Waals surface area contributed by atoms with E-state index in [4.69, 9.17) is 14.2 Å². The van der Waals surface area contributed by atoms with E-state index >= 15 is 0 Å². The summed E-state index contributed by atoms with van der Waals surface area (Å²) in [5.74, 6) is 0.558. The summed E-state index contributed by atoms with van der Waals surface area (Å²) in [4.78, 5) is 23.6. The molecule has 0 fully saturated rings. The van der Waals surface area contributed by atoms with Gasteiger partial charge in [0.25, 0.3) is 0 Å². The van der Waals surface area contributed by atoms with Gasteiger partial charge < -0.3 is 24.6 Å². The number of nitrogens with one attached hydrogen (secondary N) is 1. The Bertz CT molecular complexity index is 742. The number of carbonyl (C=O) groups excluding carboxylic acids is 1. The second kappa shape index (κ2) is 10.1. The van der Waals surface area contributed by atoms with E-state index in [1.165, 1.54) is 7.11 Å². The Morgan fingerprint density at radius 3 is 1.96 bits per heavy atom. The first-order chi connectivity index (χ1) is 13.0. The molecule has 0 aromatic heterocycles. The number of rotatable bonds is 10. The summed E-state index contributed by atoms with van der Waals surface area (Å²) >= 11 is 0. The normalized spacial score (nSPS) is 11.3. The molecule has 7 heteroatoms. The standard InChI is InChI=1S/C20H23NO6/c1-25-15-7-5-14(6-8-15)19(20(23)24)21-18(22)4-3-13-27-17-11-9-16(26-2)10-12-17/h5-12,19H,3-4,13H2,1-2H3,(H,21,22)(H,23,24). The molecule has 0 aliphatic carbocycles. The highest BCUT2D eigenvalue weighted by molar-refractivity contribution is 5.84. The fourth-order valence-corrected chi connectivity index (χ4v) is 2.41. The summed E-state index contributed by atoms with van der Waals surface area (Å²) in [7, 11) is 3.12. The van der Waals surface area contributed by atoms with E-state index < -0.39 is 12.0 Å². The maximum Gasteiger partial charge on any atom is 0.330 e. The van der Waals surface area contributed by atoms with Crippen LogP contribution in [-0.2, 0) is 9.59 Å². The Balaban J connectivity index is 1.80. The number of aliphatic carboxylic acids is 1. The molecule has 7 nitrogen and oxygen atoms in total. The molecule has 1 atom stereocenters. The van der Waals surface area contributed by atoms with E-state index in [9.17, 15) is 14.7 Å². The van der Waals surface area contributed by atoms with Crippen molar-refractivity contribution in [1.29, 1.82) is 0 Å². The number of ether oxygens (including phenoxy) is 3. The fraction of sp³-hybridized carbons (Fsp3) is 0.300. The molecule has 0 saturated heterocycles. The molecule has 1 amide bonds. The molecule has 2 aromatic rings. The van der Waals surface area contributed by atoms with Gasteiger partial charge in [-0.05, 0) is 48.4 Å². The van der Waals surface area contributed by atoms with Crippen molar-refractivity contribution in [2.24, 2.45) is 0 Å². The quantitative estimate of drug-likeness (QED) is 0.622. The van der Waals surface area contributed by atoms with Gasteiger partial charge in [0, 0.05) is 6.42 Å². The number of carboxylic acid groups (broad SMARTS) is 1. The monoisotopic (exact) mass is 373 g/mol. The van der Waals surface area contributed by atoms with Crippen molar-refractivity contribution in [2.75, 3.05) is 20.8 Å². The number of amides is 1. The summed E-state index contributed by atoms with van der Waals surface area (Å²) in [6, 6.07) is 12.6. The van der Waals surface area contributed by atoms with Gasteiger partial charge in [-0.3, -0.25) is 4.79 Å². The minimum absolute atomic E-state index is 0.163. The Kier molecular flexibility index (Phi) is 7.49. The molecule has 2 N–H and O–H groups in total. The lowest BCUT2D eigenvalue weighted by molar-refractivity contribution is -0.142. The first-order valence-corrected chi connectivity index (χ1v) is 8.46. The maximum absolute atomic E-state index is 12.1. The van der Waals surface area contributed by atoms with Crippen LogP contribution >= 0.6 is 0 Å². The Morgan fingerprint density at radius 2 is 1.44 bits per heavy atom. The van der Waals surface area contributed by atoms with E-state index in [1.807, 2.05) is 0 Å². The van der Waals surface area contributed by atoms with Crippen LogP contribution in [0.4, 0.5) is 0 Å². The average molecular weight is 373 g/mol. The second-order valence-electron chi connectivity index (χ2n) is 5.74. The molecule has 0 spiro atoms. The van der Waals surface area contributed by atoms with Crippen LogP contribution in [0.1, 0.15) is 24.4 Å². The van der Waals surface area contributed by atoms with Crippen LogP contribution in [0, 0.1) is 0 Å². The molecule has 0 aliphatic heterocycles. The van der Waals surface area contributed by atoms with Gasteiger partial charge in [0.15, 0.2) is 6.04 Å². The van der Waals surface area contributed by atoms with E-state index in [0.29, 0.717) is 30.1 Å². The molecule has 0 heterocycles. The summed E-state index contributed by atoms with van der Waals surface area (Å²) < 4.78 is 15.7. The van der Waals surface area contributed by atoms with Gasteiger partial charge in [-0.25, -0.2) is 4.79 Å². The lowest BCUT2D eigenvalue weighted by Gasteiger charge is -2.15. The topological polar surface area (TPSA) is 94.1 Å². The van der Waals surface area contributed by atoms with E-state index in [-0.39, 0.29) is 12.3 Å². The van der Waals surface area contributed by atoms with Crippen molar-refractivity contribution in [3.8, 4) is 17.2 Å². The van der Waals surface area contributed by atoms with Gasteiger partial charge in [-0.2, -0.15) is 0 Å². The van der Waals surface area contributed by atoms with Gasteiger partial charge in [0.05, 0.1) is 20.8 Å². The van der Waals surface area contributed by atoms with Crippen molar-refractivity contribution in [3.05, 3.63) is 54.1 Å². The molecular formula is C20H23NO6. The van der Waals surface area contributed by atoms with Crippen LogP contribution in [0.3, 0.4) is 0 Å². The zero-order chi connectivity index (χ0) is 19.6. The lowest BCUT2D eigenvalue weighted by atomic mass is 10.1. The number of carbonyl (C=O) groups is 2. The van der Waals surface area contributed by atoms with E-state index in [1.54, 1.807) is 55.6 Å². The van der Waals surface area contributed by atoms with Crippen molar-refractivity contribution >= 4 is 11.9 Å². The zero-order valence-corrected chi connectivity index (χ0v) is 15.3. The molecular weight excluding hydrogens is 350 g/mol. The third-order valence-electron chi connectivity index (χ3n) is 3.88. The third kappa shape index (κ3) is 6.22. The minimum atomic E-state index is -1.12. The van der Waals surface area contributed by atoms with E-state index in [2.05, 4.69) is 5.32 Å². The summed E-state index contributed by atoms with van der Waals surface area (Å²) in [6.07, 6.45) is 0.628. The molecule has 0 saturated carbocycles. The van der Waals surface area contributed by atoms with Crippen LogP contribution in [0.25, 0.3) is 0 Å². The predicted octanol–water partition coefficient (Wildman–Crippen LogP) is 2.80. The molecule has 0 radical (unpaired) electrons. The van der Waals surface area contributed by atoms with Crippen LogP contribution in [0.2, 0.25) is 0 Å². The summed E-state index contributed by atoms with van der Waals surface area (Å²) in [5.41, 5.74) is 0.478. The van der Waals surface area contributed by atoms with Gasteiger partial charge in [0.1, 0.15) is 17.2 Å². The van der Waals surface area contributed by atoms with Gasteiger partial charge in [-0.15, -0.1) is 0 Å². The maximum atomic E-state index is 12.1. The molecule has 2 aromatic carbocycles. The Hall–Kier alpha value is -3.22. The number of benzene rings is 2. The van der Waals surface area contributed by atoms with Crippen LogP contribution < -0.4 is 19.5 Å². The SMILES string of the molecule is COc1ccc(OCCCC(=O)NC(C(=O)O)c2ccc(OC)cc2)cc1. The smallest absolute Gasteiger partial charge is 0.330 e. The number of hydrogen-bond acceptors (Lipinski definition) is 5. The lowest BCUT2D eigenvalue weighted by Crippen LogP contribution is -2.33. The predicted molar refractivity (Wildman–Crippen MR) is 99.2 cm³/mol. The average Bonchev–Trinajstić information content (AvgIpc) is 2.70. The molecule has 27 heavy (non-hydrogen) atoms. The number of carboxylic acids is 1. The Morgan fingerprint density at radius 1 is 0.926 bits per heavy atom. The fourth-order valence-electron chi connectivity index (χ4n) is 2.41. The van der Waals surface area contributed by atoms with Crippen molar-refractivity contribution in [3.63, 3.8) is 0 Å². The molecule has 1 unspecified atom stereocenters. The molecule has 2 rings (SSSR count). The van der Waals surface area contributed by atoms with Gasteiger partial charge >= 0.3 is 5.97 Å². The highest BCUT2D eigenvalue weighted by atomic mass is 16.5. The summed E-state index contributed by atoms with van der Waals surface area (Å²) in [5, 5.41) is 11.9. The van der Waals surface area contributed by atoms with Crippen LogP contribution in [0.5, 0.6) is 17.2 Å². The first kappa shape index (κ1) is 20.1. The van der Waals surface area contributed by atoms with Crippen molar-refractivity contribution < 1.29 is 28.9 Å². The zero-order valence-electron chi connectivity index (χ0n) is 15.3. The largest absolute Gasteiger partial charge is 0.497 e. The number of methoxy groups -OCH3 is 2. The van der Waals surface area contributed by atoms with Gasteiger partial charge in [0.2, 0.25) is 5.91 Å².